The highest BCUT2D eigenvalue weighted by molar-refractivity contribution is 7.10. The first-order valence-electron chi connectivity index (χ1n) is 5.68. The van der Waals surface area contributed by atoms with E-state index in [1.54, 1.807) is 11.3 Å². The zero-order valence-corrected chi connectivity index (χ0v) is 11.6. The highest BCUT2D eigenvalue weighted by Crippen LogP contribution is 2.20. The number of halogens is 1. The topological polar surface area (TPSA) is 12.0 Å². The summed E-state index contributed by atoms with van der Waals surface area (Å²) in [5.41, 5.74) is 2.54. The van der Waals surface area contributed by atoms with Crippen LogP contribution < -0.4 is 5.32 Å². The van der Waals surface area contributed by atoms with Crippen LogP contribution in [0.3, 0.4) is 0 Å². The maximum atomic E-state index is 5.94. The fraction of sp³-hybridized carbons (Fsp3) is 0.286. The molecule has 0 aliphatic heterocycles. The number of benzene rings is 1. The largest absolute Gasteiger partial charge is 0.305 e. The molecule has 90 valence electrons. The van der Waals surface area contributed by atoms with E-state index in [2.05, 4.69) is 42.7 Å². The number of hydrogen-bond donors (Lipinski definition) is 1. The lowest BCUT2D eigenvalue weighted by atomic mass is 10.1. The molecule has 1 aromatic heterocycles. The number of hydrogen-bond acceptors (Lipinski definition) is 2. The van der Waals surface area contributed by atoms with Crippen molar-refractivity contribution in [3.63, 3.8) is 0 Å². The average Bonchev–Trinajstić information content (AvgIpc) is 2.81. The van der Waals surface area contributed by atoms with Crippen molar-refractivity contribution >= 4 is 22.9 Å². The van der Waals surface area contributed by atoms with Crippen LogP contribution in [0.1, 0.15) is 29.0 Å². The van der Waals surface area contributed by atoms with Crippen LogP contribution >= 0.6 is 22.9 Å². The van der Waals surface area contributed by atoms with Gasteiger partial charge >= 0.3 is 0 Å². The molecule has 1 heterocycles. The molecular weight excluding hydrogens is 250 g/mol. The molecule has 0 saturated carbocycles. The van der Waals surface area contributed by atoms with E-state index in [1.165, 1.54) is 16.0 Å². The molecule has 1 nitrogen and oxygen atoms in total. The zero-order chi connectivity index (χ0) is 12.3. The monoisotopic (exact) mass is 265 g/mol. The molecule has 0 spiro atoms. The molecule has 1 unspecified atom stereocenters. The van der Waals surface area contributed by atoms with E-state index in [0.717, 1.165) is 11.6 Å². The quantitative estimate of drug-likeness (QED) is 0.855. The first-order chi connectivity index (χ1) is 8.16. The van der Waals surface area contributed by atoms with Gasteiger partial charge in [0, 0.05) is 22.5 Å². The number of nitrogens with one attached hydrogen (secondary N) is 1. The van der Waals surface area contributed by atoms with Crippen molar-refractivity contribution in [1.82, 2.24) is 5.32 Å². The van der Waals surface area contributed by atoms with Crippen molar-refractivity contribution in [2.24, 2.45) is 0 Å². The fourth-order valence-corrected chi connectivity index (χ4v) is 2.74. The van der Waals surface area contributed by atoms with E-state index in [4.69, 9.17) is 11.6 Å². The molecule has 0 amide bonds. The van der Waals surface area contributed by atoms with Crippen molar-refractivity contribution in [2.75, 3.05) is 0 Å². The van der Waals surface area contributed by atoms with Crippen LogP contribution in [0.5, 0.6) is 0 Å². The van der Waals surface area contributed by atoms with Gasteiger partial charge in [-0.3, -0.25) is 0 Å². The van der Waals surface area contributed by atoms with E-state index in [1.807, 2.05) is 12.1 Å². The molecule has 1 atom stereocenters. The van der Waals surface area contributed by atoms with Gasteiger partial charge in [0.25, 0.3) is 0 Å². The summed E-state index contributed by atoms with van der Waals surface area (Å²) in [6.45, 7) is 5.16. The Bertz CT molecular complexity index is 479. The molecule has 0 fully saturated rings. The summed E-state index contributed by atoms with van der Waals surface area (Å²) in [5, 5.41) is 6.44. The van der Waals surface area contributed by atoms with E-state index in [-0.39, 0.29) is 0 Å². The third kappa shape index (κ3) is 3.32. The Morgan fingerprint density at radius 1 is 1.35 bits per heavy atom. The molecule has 0 aliphatic rings. The Morgan fingerprint density at radius 2 is 2.18 bits per heavy atom. The minimum atomic E-state index is 0.394. The lowest BCUT2D eigenvalue weighted by Gasteiger charge is -2.13. The summed E-state index contributed by atoms with van der Waals surface area (Å²) in [5.74, 6) is 0. The maximum Gasteiger partial charge on any atom is 0.0408 e. The van der Waals surface area contributed by atoms with Crippen molar-refractivity contribution in [3.05, 3.63) is 56.7 Å². The third-order valence-electron chi connectivity index (χ3n) is 2.87. The van der Waals surface area contributed by atoms with Crippen molar-refractivity contribution in [2.45, 2.75) is 26.4 Å². The molecule has 3 heteroatoms. The minimum Gasteiger partial charge on any atom is -0.305 e. The minimum absolute atomic E-state index is 0.394. The van der Waals surface area contributed by atoms with Gasteiger partial charge in [-0.05, 0) is 48.6 Å². The second-order valence-corrected chi connectivity index (χ2v) is 5.60. The Balaban J connectivity index is 1.98. The summed E-state index contributed by atoms with van der Waals surface area (Å²) in [4.78, 5) is 1.37. The van der Waals surface area contributed by atoms with Gasteiger partial charge in [-0.15, -0.1) is 11.3 Å². The van der Waals surface area contributed by atoms with Gasteiger partial charge in [0.15, 0.2) is 0 Å². The number of thiophene rings is 1. The van der Waals surface area contributed by atoms with E-state index >= 15 is 0 Å². The van der Waals surface area contributed by atoms with Crippen LogP contribution in [-0.4, -0.2) is 0 Å². The van der Waals surface area contributed by atoms with Gasteiger partial charge in [-0.2, -0.15) is 0 Å². The predicted molar refractivity (Wildman–Crippen MR) is 75.8 cm³/mol. The average molecular weight is 266 g/mol. The molecule has 2 aromatic rings. The van der Waals surface area contributed by atoms with Gasteiger partial charge in [-0.25, -0.2) is 0 Å². The highest BCUT2D eigenvalue weighted by Gasteiger charge is 2.06. The second-order valence-electron chi connectivity index (χ2n) is 4.19. The van der Waals surface area contributed by atoms with Crippen LogP contribution in [0.2, 0.25) is 5.02 Å². The Kier molecular flexibility index (Phi) is 4.21. The smallest absolute Gasteiger partial charge is 0.0408 e. The van der Waals surface area contributed by atoms with E-state index < -0.39 is 0 Å². The fourth-order valence-electron chi connectivity index (χ4n) is 1.76. The number of aryl methyl sites for hydroxylation is 1. The van der Waals surface area contributed by atoms with E-state index in [0.29, 0.717) is 6.04 Å². The van der Waals surface area contributed by atoms with Gasteiger partial charge in [0.05, 0.1) is 0 Å². The van der Waals surface area contributed by atoms with Gasteiger partial charge in [-0.1, -0.05) is 23.7 Å². The lowest BCUT2D eigenvalue weighted by Crippen LogP contribution is -2.17. The molecule has 0 bridgehead atoms. The zero-order valence-electron chi connectivity index (χ0n) is 10.0. The van der Waals surface area contributed by atoms with Gasteiger partial charge in [0.1, 0.15) is 0 Å². The van der Waals surface area contributed by atoms with Gasteiger partial charge < -0.3 is 5.32 Å². The Labute approximate surface area is 111 Å². The first kappa shape index (κ1) is 12.6. The highest BCUT2D eigenvalue weighted by atomic mass is 35.5. The van der Waals surface area contributed by atoms with Crippen LogP contribution in [0.4, 0.5) is 0 Å². The Morgan fingerprint density at radius 3 is 2.82 bits per heavy atom. The third-order valence-corrected chi connectivity index (χ3v) is 4.16. The maximum absolute atomic E-state index is 5.94. The molecule has 0 aliphatic carbocycles. The van der Waals surface area contributed by atoms with Crippen molar-refractivity contribution < 1.29 is 0 Å². The van der Waals surface area contributed by atoms with Crippen molar-refractivity contribution in [3.8, 4) is 0 Å². The first-order valence-corrected chi connectivity index (χ1v) is 6.94. The summed E-state index contributed by atoms with van der Waals surface area (Å²) in [6, 6.07) is 10.7. The number of rotatable bonds is 4. The lowest BCUT2D eigenvalue weighted by molar-refractivity contribution is 0.581. The predicted octanol–water partition coefficient (Wildman–Crippen LogP) is 4.56. The van der Waals surface area contributed by atoms with Crippen LogP contribution in [-0.2, 0) is 6.54 Å². The van der Waals surface area contributed by atoms with Crippen LogP contribution in [0.25, 0.3) is 0 Å². The molecule has 17 heavy (non-hydrogen) atoms. The second kappa shape index (κ2) is 5.67. The molecule has 0 radical (unpaired) electrons. The SMILES string of the molecule is Cc1cc(Cl)ccc1CNC(C)c1cccs1. The molecule has 1 N–H and O–H groups in total. The molecular formula is C14H16ClNS. The summed E-state index contributed by atoms with van der Waals surface area (Å²) >= 11 is 7.73. The van der Waals surface area contributed by atoms with Crippen LogP contribution in [0, 0.1) is 6.92 Å². The molecule has 1 aromatic carbocycles. The normalized spacial score (nSPS) is 12.6. The summed E-state index contributed by atoms with van der Waals surface area (Å²) in [6.07, 6.45) is 0. The van der Waals surface area contributed by atoms with Crippen molar-refractivity contribution in [1.29, 1.82) is 0 Å². The van der Waals surface area contributed by atoms with Gasteiger partial charge in [0.2, 0.25) is 0 Å². The summed E-state index contributed by atoms with van der Waals surface area (Å²) < 4.78 is 0. The Hall–Kier alpha value is -0.830. The van der Waals surface area contributed by atoms with E-state index in [9.17, 15) is 0 Å². The van der Waals surface area contributed by atoms with Crippen LogP contribution in [0.15, 0.2) is 35.7 Å². The molecule has 0 saturated heterocycles. The summed E-state index contributed by atoms with van der Waals surface area (Å²) in [7, 11) is 0. The molecule has 2 rings (SSSR count). The standard InChI is InChI=1S/C14H16ClNS/c1-10-8-13(15)6-5-12(10)9-16-11(2)14-4-3-7-17-14/h3-8,11,16H,9H2,1-2H3.